The van der Waals surface area contributed by atoms with E-state index in [0.717, 1.165) is 23.4 Å². The first-order valence-corrected chi connectivity index (χ1v) is 9.26. The van der Waals surface area contributed by atoms with Crippen LogP contribution in [-0.4, -0.2) is 12.5 Å². The molecule has 1 N–H and O–H groups in total. The molecular formula is C24H25NO2. The third-order valence-corrected chi connectivity index (χ3v) is 4.43. The van der Waals surface area contributed by atoms with Crippen LogP contribution in [0.15, 0.2) is 78.9 Å². The number of nitrogens with one attached hydrogen (secondary N) is 1. The Hall–Kier alpha value is -3.07. The van der Waals surface area contributed by atoms with Crippen molar-refractivity contribution in [2.75, 3.05) is 11.9 Å². The van der Waals surface area contributed by atoms with Crippen LogP contribution >= 0.6 is 0 Å². The van der Waals surface area contributed by atoms with E-state index in [1.54, 1.807) is 0 Å². The Kier molecular flexibility index (Phi) is 6.26. The van der Waals surface area contributed by atoms with Gasteiger partial charge in [0.2, 0.25) is 0 Å². The number of para-hydroxylation sites is 1. The molecule has 1 amide bonds. The number of carbonyl (C=O) groups is 1. The topological polar surface area (TPSA) is 38.3 Å². The van der Waals surface area contributed by atoms with E-state index < -0.39 is 0 Å². The van der Waals surface area contributed by atoms with E-state index in [4.69, 9.17) is 4.74 Å². The van der Waals surface area contributed by atoms with Crippen molar-refractivity contribution < 1.29 is 9.53 Å². The second-order valence-electron chi connectivity index (χ2n) is 6.88. The molecule has 3 nitrogen and oxygen atoms in total. The van der Waals surface area contributed by atoms with Crippen LogP contribution in [0.1, 0.15) is 36.5 Å². The summed E-state index contributed by atoms with van der Waals surface area (Å²) in [5.74, 6) is 1.05. The Morgan fingerprint density at radius 1 is 0.889 bits per heavy atom. The molecule has 0 spiro atoms. The number of carbonyl (C=O) groups excluding carboxylic acids is 1. The molecule has 3 aromatic rings. The second-order valence-corrected chi connectivity index (χ2v) is 6.88. The number of amides is 1. The lowest BCUT2D eigenvalue weighted by Crippen LogP contribution is -2.20. The lowest BCUT2D eigenvalue weighted by Gasteiger charge is -2.12. The number of hydrogen-bond donors (Lipinski definition) is 1. The molecule has 3 rings (SSSR count). The summed E-state index contributed by atoms with van der Waals surface area (Å²) < 4.78 is 5.79. The highest BCUT2D eigenvalue weighted by atomic mass is 16.5. The molecule has 3 heteroatoms. The maximum absolute atomic E-state index is 12.2. The fourth-order valence-corrected chi connectivity index (χ4v) is 2.90. The Morgan fingerprint density at radius 2 is 1.56 bits per heavy atom. The minimum absolute atomic E-state index is 0.0161. The smallest absolute Gasteiger partial charge is 0.262 e. The van der Waals surface area contributed by atoms with Crippen LogP contribution in [0.4, 0.5) is 5.69 Å². The molecule has 0 aliphatic carbocycles. The van der Waals surface area contributed by atoms with Crippen LogP contribution < -0.4 is 10.1 Å². The van der Waals surface area contributed by atoms with Crippen molar-refractivity contribution in [3.63, 3.8) is 0 Å². The van der Waals surface area contributed by atoms with Crippen LogP contribution in [0.2, 0.25) is 0 Å². The first kappa shape index (κ1) is 18.7. The zero-order chi connectivity index (χ0) is 19.1. The molecule has 0 radical (unpaired) electrons. The molecule has 0 saturated carbocycles. The molecule has 0 heterocycles. The molecule has 0 fully saturated rings. The molecule has 0 atom stereocenters. The molecule has 0 aliphatic heterocycles. The Morgan fingerprint density at radius 3 is 2.26 bits per heavy atom. The van der Waals surface area contributed by atoms with Crippen LogP contribution in [0.3, 0.4) is 0 Å². The largest absolute Gasteiger partial charge is 0.483 e. The second kappa shape index (κ2) is 9.04. The monoisotopic (exact) mass is 359 g/mol. The number of ether oxygens (including phenoxy) is 1. The third kappa shape index (κ3) is 5.45. The van der Waals surface area contributed by atoms with Gasteiger partial charge in [-0.25, -0.2) is 0 Å². The van der Waals surface area contributed by atoms with Crippen molar-refractivity contribution in [3.8, 4) is 5.75 Å². The number of anilines is 1. The van der Waals surface area contributed by atoms with Gasteiger partial charge in [-0.15, -0.1) is 0 Å². The van der Waals surface area contributed by atoms with E-state index in [-0.39, 0.29) is 12.5 Å². The van der Waals surface area contributed by atoms with Gasteiger partial charge in [0.25, 0.3) is 5.91 Å². The number of hydrogen-bond acceptors (Lipinski definition) is 2. The average Bonchev–Trinajstić information content (AvgIpc) is 2.68. The predicted molar refractivity (Wildman–Crippen MR) is 110 cm³/mol. The summed E-state index contributed by atoms with van der Waals surface area (Å²) in [6, 6.07) is 26.0. The van der Waals surface area contributed by atoms with Gasteiger partial charge in [-0.05, 0) is 40.8 Å². The van der Waals surface area contributed by atoms with Crippen LogP contribution in [0.5, 0.6) is 5.75 Å². The maximum atomic E-state index is 12.2. The van der Waals surface area contributed by atoms with Crippen molar-refractivity contribution in [3.05, 3.63) is 95.6 Å². The molecule has 0 aliphatic rings. The van der Waals surface area contributed by atoms with Gasteiger partial charge in [-0.2, -0.15) is 0 Å². The first-order chi connectivity index (χ1) is 13.1. The summed E-state index contributed by atoms with van der Waals surface area (Å²) >= 11 is 0. The molecule has 0 unspecified atom stereocenters. The minimum atomic E-state index is -0.165. The van der Waals surface area contributed by atoms with Crippen molar-refractivity contribution in [1.82, 2.24) is 0 Å². The van der Waals surface area contributed by atoms with Gasteiger partial charge < -0.3 is 10.1 Å². The van der Waals surface area contributed by atoms with E-state index in [2.05, 4.69) is 31.3 Å². The quantitative estimate of drug-likeness (QED) is 0.612. The zero-order valence-corrected chi connectivity index (χ0v) is 15.8. The van der Waals surface area contributed by atoms with Crippen LogP contribution in [0, 0.1) is 0 Å². The summed E-state index contributed by atoms with van der Waals surface area (Å²) in [6.45, 7) is 4.28. The van der Waals surface area contributed by atoms with Gasteiger partial charge in [-0.3, -0.25) is 4.79 Å². The Balaban J connectivity index is 1.59. The van der Waals surface area contributed by atoms with Crippen LogP contribution in [0.25, 0.3) is 0 Å². The highest BCUT2D eigenvalue weighted by Crippen LogP contribution is 2.22. The molecular weight excluding hydrogens is 334 g/mol. The Bertz CT molecular complexity index is 870. The minimum Gasteiger partial charge on any atom is -0.483 e. The number of rotatable bonds is 7. The van der Waals surface area contributed by atoms with Crippen molar-refractivity contribution in [2.24, 2.45) is 0 Å². The van der Waals surface area contributed by atoms with E-state index in [1.165, 1.54) is 11.1 Å². The standard InChI is InChI=1S/C24H25NO2/c1-18(2)20-12-14-22(15-13-20)25-24(26)17-27-23-11-7-6-10-21(23)16-19-8-4-3-5-9-19/h3-15,18H,16-17H2,1-2H3,(H,25,26). The third-order valence-electron chi connectivity index (χ3n) is 4.43. The fraction of sp³-hybridized carbons (Fsp3) is 0.208. The lowest BCUT2D eigenvalue weighted by atomic mass is 10.0. The van der Waals surface area contributed by atoms with Gasteiger partial charge in [-0.1, -0.05) is 74.5 Å². The van der Waals surface area contributed by atoms with Crippen molar-refractivity contribution in [1.29, 1.82) is 0 Å². The van der Waals surface area contributed by atoms with E-state index in [0.29, 0.717) is 5.92 Å². The van der Waals surface area contributed by atoms with Gasteiger partial charge in [0, 0.05) is 12.1 Å². The molecule has 0 bridgehead atoms. The zero-order valence-electron chi connectivity index (χ0n) is 15.8. The Labute approximate surface area is 161 Å². The normalized spacial score (nSPS) is 10.6. The van der Waals surface area contributed by atoms with Crippen LogP contribution in [-0.2, 0) is 11.2 Å². The summed E-state index contributed by atoms with van der Waals surface area (Å²) in [5, 5.41) is 2.88. The first-order valence-electron chi connectivity index (χ1n) is 9.26. The van der Waals surface area contributed by atoms with Gasteiger partial charge in [0.1, 0.15) is 5.75 Å². The van der Waals surface area contributed by atoms with E-state index >= 15 is 0 Å². The average molecular weight is 359 g/mol. The molecule has 27 heavy (non-hydrogen) atoms. The molecule has 0 aromatic heterocycles. The maximum Gasteiger partial charge on any atom is 0.262 e. The van der Waals surface area contributed by atoms with Crippen molar-refractivity contribution in [2.45, 2.75) is 26.2 Å². The summed E-state index contributed by atoms with van der Waals surface area (Å²) in [6.07, 6.45) is 0.773. The van der Waals surface area contributed by atoms with Gasteiger partial charge >= 0.3 is 0 Å². The van der Waals surface area contributed by atoms with Gasteiger partial charge in [0.05, 0.1) is 0 Å². The summed E-state index contributed by atoms with van der Waals surface area (Å²) in [5.41, 5.74) is 4.31. The molecule has 3 aromatic carbocycles. The predicted octanol–water partition coefficient (Wildman–Crippen LogP) is 5.42. The number of benzene rings is 3. The highest BCUT2D eigenvalue weighted by molar-refractivity contribution is 5.91. The molecule has 0 saturated heterocycles. The fourth-order valence-electron chi connectivity index (χ4n) is 2.90. The lowest BCUT2D eigenvalue weighted by molar-refractivity contribution is -0.118. The van der Waals surface area contributed by atoms with Crippen molar-refractivity contribution >= 4 is 11.6 Å². The van der Waals surface area contributed by atoms with E-state index in [9.17, 15) is 4.79 Å². The molecule has 138 valence electrons. The van der Waals surface area contributed by atoms with Gasteiger partial charge in [0.15, 0.2) is 6.61 Å². The summed E-state index contributed by atoms with van der Waals surface area (Å²) in [7, 11) is 0. The summed E-state index contributed by atoms with van der Waals surface area (Å²) in [4.78, 5) is 12.2. The van der Waals surface area contributed by atoms with E-state index in [1.807, 2.05) is 66.7 Å². The SMILES string of the molecule is CC(C)c1ccc(NC(=O)COc2ccccc2Cc2ccccc2)cc1. The highest BCUT2D eigenvalue weighted by Gasteiger charge is 2.08.